The Bertz CT molecular complexity index is 868. The van der Waals surface area contributed by atoms with E-state index in [9.17, 15) is 9.59 Å². The van der Waals surface area contributed by atoms with Crippen LogP contribution in [0.4, 0.5) is 17.1 Å². The van der Waals surface area contributed by atoms with Crippen molar-refractivity contribution in [2.45, 2.75) is 19.3 Å². The molecule has 28 heavy (non-hydrogen) atoms. The molecule has 7 heteroatoms. The third kappa shape index (κ3) is 4.19. The van der Waals surface area contributed by atoms with Crippen LogP contribution in [0.1, 0.15) is 18.4 Å². The molecule has 0 spiro atoms. The fourth-order valence-electron chi connectivity index (χ4n) is 3.59. The van der Waals surface area contributed by atoms with E-state index in [-0.39, 0.29) is 25.4 Å². The van der Waals surface area contributed by atoms with Gasteiger partial charge in [-0.2, -0.15) is 0 Å². The number of carbonyl (C=O) groups excluding carboxylic acids is 2. The van der Waals surface area contributed by atoms with Crippen LogP contribution in [0.3, 0.4) is 0 Å². The number of methoxy groups -OCH3 is 1. The molecule has 0 aromatic heterocycles. The highest BCUT2D eigenvalue weighted by atomic mass is 16.5. The Kier molecular flexibility index (Phi) is 6.03. The van der Waals surface area contributed by atoms with Gasteiger partial charge in [-0.05, 0) is 42.7 Å². The van der Waals surface area contributed by atoms with Crippen LogP contribution >= 0.6 is 0 Å². The van der Waals surface area contributed by atoms with Gasteiger partial charge < -0.3 is 26.0 Å². The first-order chi connectivity index (χ1) is 13.5. The number of nitrogens with zero attached hydrogens (tertiary/aromatic N) is 2. The largest absolute Gasteiger partial charge is 0.495 e. The summed E-state index contributed by atoms with van der Waals surface area (Å²) < 4.78 is 5.41. The van der Waals surface area contributed by atoms with Crippen LogP contribution < -0.4 is 26.0 Å². The van der Waals surface area contributed by atoms with E-state index in [1.807, 2.05) is 35.2 Å². The molecule has 0 atom stereocenters. The van der Waals surface area contributed by atoms with Gasteiger partial charge in [0, 0.05) is 30.9 Å². The maximum absolute atomic E-state index is 13.2. The zero-order valence-corrected chi connectivity index (χ0v) is 16.1. The monoisotopic (exact) mass is 382 g/mol. The lowest BCUT2D eigenvalue weighted by molar-refractivity contribution is -0.118. The van der Waals surface area contributed by atoms with Crippen LogP contribution in [0.5, 0.6) is 5.75 Å². The topological polar surface area (TPSA) is 102 Å². The van der Waals surface area contributed by atoms with E-state index in [0.717, 1.165) is 36.3 Å². The van der Waals surface area contributed by atoms with E-state index in [1.54, 1.807) is 24.1 Å². The molecule has 0 aliphatic carbocycles. The zero-order valence-electron chi connectivity index (χ0n) is 16.1. The summed E-state index contributed by atoms with van der Waals surface area (Å²) in [5.41, 5.74) is 14.9. The highest BCUT2D eigenvalue weighted by Crippen LogP contribution is 2.32. The van der Waals surface area contributed by atoms with Crippen molar-refractivity contribution >= 4 is 28.9 Å². The number of rotatable bonds is 7. The van der Waals surface area contributed by atoms with Gasteiger partial charge in [-0.1, -0.05) is 18.2 Å². The average molecular weight is 382 g/mol. The molecule has 1 heterocycles. The van der Waals surface area contributed by atoms with E-state index in [4.69, 9.17) is 16.2 Å². The molecule has 1 aliphatic rings. The number of ether oxygens (including phenoxy) is 1. The lowest BCUT2D eigenvalue weighted by atomic mass is 10.00. The molecule has 2 aromatic carbocycles. The number of anilines is 3. The highest BCUT2D eigenvalue weighted by Gasteiger charge is 2.25. The van der Waals surface area contributed by atoms with Gasteiger partial charge in [-0.15, -0.1) is 0 Å². The van der Waals surface area contributed by atoms with Crippen LogP contribution in [0.25, 0.3) is 0 Å². The number of amides is 2. The molecule has 0 bridgehead atoms. The molecule has 2 amide bonds. The number of hydrogen-bond acceptors (Lipinski definition) is 5. The maximum atomic E-state index is 13.2. The number of nitrogens with two attached hydrogens (primary N) is 2. The van der Waals surface area contributed by atoms with E-state index < -0.39 is 5.91 Å². The first-order valence-electron chi connectivity index (χ1n) is 9.35. The SMILES string of the molecule is COc1ccccc1N(CCC(N)=O)C(=O)CN1CCCc2c(N)cccc21. The quantitative estimate of drug-likeness (QED) is 0.713. The average Bonchev–Trinajstić information content (AvgIpc) is 2.69. The van der Waals surface area contributed by atoms with Crippen molar-refractivity contribution in [2.75, 3.05) is 42.3 Å². The van der Waals surface area contributed by atoms with Gasteiger partial charge in [0.05, 0.1) is 19.3 Å². The second kappa shape index (κ2) is 8.65. The van der Waals surface area contributed by atoms with E-state index in [2.05, 4.69) is 0 Å². The van der Waals surface area contributed by atoms with Gasteiger partial charge in [-0.3, -0.25) is 9.59 Å². The summed E-state index contributed by atoms with van der Waals surface area (Å²) in [6.07, 6.45) is 1.92. The predicted octanol–water partition coefficient (Wildman–Crippen LogP) is 1.94. The Hall–Kier alpha value is -3.22. The predicted molar refractivity (Wildman–Crippen MR) is 111 cm³/mol. The number of primary amides is 1. The number of hydrogen-bond donors (Lipinski definition) is 2. The van der Waals surface area contributed by atoms with E-state index in [0.29, 0.717) is 11.4 Å². The van der Waals surface area contributed by atoms with Crippen LogP contribution in [0.2, 0.25) is 0 Å². The standard InChI is InChI=1S/C21H26N4O3/c1-28-19-10-3-2-8-18(19)25(13-11-20(23)26)21(27)14-24-12-5-6-15-16(22)7-4-9-17(15)24/h2-4,7-10H,5-6,11-14,22H2,1H3,(H2,23,26). The molecular formula is C21H26N4O3. The first-order valence-corrected chi connectivity index (χ1v) is 9.35. The van der Waals surface area contributed by atoms with E-state index >= 15 is 0 Å². The molecule has 0 fully saturated rings. The molecule has 0 saturated heterocycles. The minimum Gasteiger partial charge on any atom is -0.495 e. The minimum absolute atomic E-state index is 0.0767. The van der Waals surface area contributed by atoms with Crippen molar-refractivity contribution in [3.8, 4) is 5.75 Å². The van der Waals surface area contributed by atoms with E-state index in [1.165, 1.54) is 0 Å². The van der Waals surface area contributed by atoms with Crippen molar-refractivity contribution in [2.24, 2.45) is 5.73 Å². The van der Waals surface area contributed by atoms with Crippen LogP contribution in [-0.2, 0) is 16.0 Å². The molecule has 3 rings (SSSR count). The zero-order chi connectivity index (χ0) is 20.1. The number of nitrogen functional groups attached to an aromatic ring is 1. The fraction of sp³-hybridized carbons (Fsp3) is 0.333. The summed E-state index contributed by atoms with van der Waals surface area (Å²) in [4.78, 5) is 28.2. The second-order valence-electron chi connectivity index (χ2n) is 6.80. The van der Waals surface area contributed by atoms with Gasteiger partial charge in [0.2, 0.25) is 11.8 Å². The molecule has 0 unspecified atom stereocenters. The maximum Gasteiger partial charge on any atom is 0.246 e. The molecule has 7 nitrogen and oxygen atoms in total. The van der Waals surface area contributed by atoms with Crippen LogP contribution in [0, 0.1) is 0 Å². The summed E-state index contributed by atoms with van der Waals surface area (Å²) in [6.45, 7) is 1.16. The smallest absolute Gasteiger partial charge is 0.246 e. The van der Waals surface area contributed by atoms with Gasteiger partial charge in [0.25, 0.3) is 0 Å². The lowest BCUT2D eigenvalue weighted by Gasteiger charge is -2.33. The Morgan fingerprint density at radius 2 is 1.96 bits per heavy atom. The summed E-state index contributed by atoms with van der Waals surface area (Å²) in [7, 11) is 1.55. The van der Waals surface area contributed by atoms with Gasteiger partial charge >= 0.3 is 0 Å². The summed E-state index contributed by atoms with van der Waals surface area (Å²) >= 11 is 0. The Balaban J connectivity index is 1.86. The molecule has 4 N–H and O–H groups in total. The number of benzene rings is 2. The molecule has 2 aromatic rings. The third-order valence-corrected chi connectivity index (χ3v) is 4.97. The fourth-order valence-corrected chi connectivity index (χ4v) is 3.59. The van der Waals surface area contributed by atoms with Crippen molar-refractivity contribution in [3.05, 3.63) is 48.0 Å². The van der Waals surface area contributed by atoms with Gasteiger partial charge in [-0.25, -0.2) is 0 Å². The Morgan fingerprint density at radius 1 is 1.18 bits per heavy atom. The van der Waals surface area contributed by atoms with Gasteiger partial charge in [0.15, 0.2) is 0 Å². The lowest BCUT2D eigenvalue weighted by Crippen LogP contribution is -2.43. The minimum atomic E-state index is -0.455. The first kappa shape index (κ1) is 19.5. The van der Waals surface area contributed by atoms with Crippen molar-refractivity contribution < 1.29 is 14.3 Å². The molecular weight excluding hydrogens is 356 g/mol. The number of fused-ring (bicyclic) bond motifs is 1. The molecule has 1 aliphatic heterocycles. The molecule has 148 valence electrons. The normalized spacial score (nSPS) is 13.0. The highest BCUT2D eigenvalue weighted by molar-refractivity contribution is 5.98. The third-order valence-electron chi connectivity index (χ3n) is 4.97. The second-order valence-corrected chi connectivity index (χ2v) is 6.80. The van der Waals surface area contributed by atoms with Gasteiger partial charge in [0.1, 0.15) is 5.75 Å². The van der Waals surface area contributed by atoms with Crippen molar-refractivity contribution in [1.82, 2.24) is 0 Å². The summed E-state index contributed by atoms with van der Waals surface area (Å²) in [5, 5.41) is 0. The summed E-state index contributed by atoms with van der Waals surface area (Å²) in [6, 6.07) is 13.0. The van der Waals surface area contributed by atoms with Crippen LogP contribution in [-0.4, -0.2) is 38.6 Å². The van der Waals surface area contributed by atoms with Crippen LogP contribution in [0.15, 0.2) is 42.5 Å². The Morgan fingerprint density at radius 3 is 2.71 bits per heavy atom. The van der Waals surface area contributed by atoms with Crippen molar-refractivity contribution in [3.63, 3.8) is 0 Å². The number of carbonyl (C=O) groups is 2. The van der Waals surface area contributed by atoms with Crippen molar-refractivity contribution in [1.29, 1.82) is 0 Å². The number of para-hydroxylation sites is 2. The molecule has 0 radical (unpaired) electrons. The molecule has 0 saturated carbocycles. The Labute approximate surface area is 164 Å². The summed E-state index contributed by atoms with van der Waals surface area (Å²) in [5.74, 6) is -0.00609.